The van der Waals surface area contributed by atoms with Crippen molar-refractivity contribution in [2.45, 2.75) is 67.2 Å². The van der Waals surface area contributed by atoms with Crippen LogP contribution in [0.3, 0.4) is 0 Å². The van der Waals surface area contributed by atoms with Crippen LogP contribution in [0.15, 0.2) is 24.3 Å². The van der Waals surface area contributed by atoms with E-state index < -0.39 is 0 Å². The molecule has 0 N–H and O–H groups in total. The fraction of sp³-hybridized carbons (Fsp3) is 0.462. The second-order valence-corrected chi connectivity index (χ2v) is 9.18. The second kappa shape index (κ2) is 8.25. The molecule has 0 aliphatic heterocycles. The van der Waals surface area contributed by atoms with Crippen molar-refractivity contribution in [1.29, 1.82) is 0 Å². The average molecular weight is 405 g/mol. The topological polar surface area (TPSA) is 35.6 Å². The number of fused-ring (bicyclic) bond motifs is 2. The Morgan fingerprint density at radius 3 is 1.77 bits per heavy atom. The van der Waals surface area contributed by atoms with Gasteiger partial charge in [-0.2, -0.15) is 10.2 Å². The van der Waals surface area contributed by atoms with Gasteiger partial charge in [0.15, 0.2) is 0 Å². The van der Waals surface area contributed by atoms with Gasteiger partial charge in [-0.15, -0.1) is 0 Å². The van der Waals surface area contributed by atoms with E-state index in [0.29, 0.717) is 11.8 Å². The molecule has 4 nitrogen and oxygen atoms in total. The van der Waals surface area contributed by atoms with E-state index >= 15 is 0 Å². The normalized spacial score (nSPS) is 11.6. The summed E-state index contributed by atoms with van der Waals surface area (Å²) in [5.41, 5.74) is 10.3. The van der Waals surface area contributed by atoms with Crippen molar-refractivity contribution >= 4 is 21.8 Å². The Kier molecular flexibility index (Phi) is 6.07. The number of rotatable bonds is 2. The van der Waals surface area contributed by atoms with Gasteiger partial charge < -0.3 is 0 Å². The van der Waals surface area contributed by atoms with E-state index in [0.717, 1.165) is 11.2 Å². The number of hydrogen-bond acceptors (Lipinski definition) is 2. The van der Waals surface area contributed by atoms with Crippen molar-refractivity contribution in [1.82, 2.24) is 19.6 Å². The third-order valence-corrected chi connectivity index (χ3v) is 6.18. The zero-order valence-electron chi connectivity index (χ0n) is 20.3. The maximum atomic E-state index is 4.51. The molecule has 2 heterocycles. The highest BCUT2D eigenvalue weighted by Gasteiger charge is 2.11. The Morgan fingerprint density at radius 2 is 1.20 bits per heavy atom. The first-order valence-corrected chi connectivity index (χ1v) is 10.9. The summed E-state index contributed by atoms with van der Waals surface area (Å²) >= 11 is 0. The molecule has 4 aromatic rings. The van der Waals surface area contributed by atoms with Crippen molar-refractivity contribution < 1.29 is 0 Å². The predicted molar refractivity (Wildman–Crippen MR) is 129 cm³/mol. The average Bonchev–Trinajstić information content (AvgIpc) is 3.09. The summed E-state index contributed by atoms with van der Waals surface area (Å²) in [4.78, 5) is 0. The summed E-state index contributed by atoms with van der Waals surface area (Å²) in [5.74, 6) is 1.14. The molecule has 0 unspecified atom stereocenters. The Labute approximate surface area is 180 Å². The maximum Gasteiger partial charge on any atom is 0.0929 e. The van der Waals surface area contributed by atoms with Crippen molar-refractivity contribution in [2.75, 3.05) is 0 Å². The molecule has 0 aliphatic carbocycles. The molecule has 4 rings (SSSR count). The monoisotopic (exact) mass is 404 g/mol. The number of nitrogens with zero attached hydrogens (tertiary/aromatic N) is 4. The molecule has 0 atom stereocenters. The molecule has 0 amide bonds. The minimum atomic E-state index is 0.566. The third kappa shape index (κ3) is 4.00. The molecule has 0 saturated heterocycles. The number of aryl methyl sites for hydroxylation is 6. The van der Waals surface area contributed by atoms with Crippen molar-refractivity contribution in [3.8, 4) is 0 Å². The highest BCUT2D eigenvalue weighted by Crippen LogP contribution is 2.27. The first-order chi connectivity index (χ1) is 14.0. The van der Waals surface area contributed by atoms with Crippen LogP contribution in [-0.4, -0.2) is 19.6 Å². The molecule has 30 heavy (non-hydrogen) atoms. The molecule has 160 valence electrons. The fourth-order valence-electron chi connectivity index (χ4n) is 4.34. The third-order valence-electron chi connectivity index (χ3n) is 6.18. The lowest BCUT2D eigenvalue weighted by Gasteiger charge is -2.10. The first-order valence-electron chi connectivity index (χ1n) is 10.9. The maximum absolute atomic E-state index is 4.51. The van der Waals surface area contributed by atoms with Gasteiger partial charge in [0.25, 0.3) is 0 Å². The quantitative estimate of drug-likeness (QED) is 0.376. The van der Waals surface area contributed by atoms with E-state index in [1.165, 1.54) is 44.2 Å². The van der Waals surface area contributed by atoms with Gasteiger partial charge in [0.1, 0.15) is 0 Å². The number of hydrogen-bond donors (Lipinski definition) is 0. The Morgan fingerprint density at radius 1 is 0.667 bits per heavy atom. The van der Waals surface area contributed by atoms with Crippen molar-refractivity contribution in [3.63, 3.8) is 0 Å². The number of benzene rings is 2. The molecule has 2 aromatic heterocycles. The van der Waals surface area contributed by atoms with Gasteiger partial charge in [-0.1, -0.05) is 27.7 Å². The summed E-state index contributed by atoms with van der Waals surface area (Å²) in [6.45, 7) is 17.5. The molecule has 0 spiro atoms. The van der Waals surface area contributed by atoms with E-state index in [1.807, 2.05) is 23.5 Å². The van der Waals surface area contributed by atoms with Crippen LogP contribution in [0, 0.1) is 27.7 Å². The zero-order chi connectivity index (χ0) is 22.3. The summed E-state index contributed by atoms with van der Waals surface area (Å²) < 4.78 is 3.92. The van der Waals surface area contributed by atoms with Crippen LogP contribution in [0.2, 0.25) is 0 Å². The molecule has 0 fully saturated rings. The molecular weight excluding hydrogens is 368 g/mol. The molecule has 0 aliphatic rings. The SMILES string of the molecule is Cc1cc2c(C)n(C)nc2cc1C(C)C.Cc1cc2c(C)nn(C)c2cc1C(C)C. The minimum Gasteiger partial charge on any atom is -0.272 e. The van der Waals surface area contributed by atoms with Gasteiger partial charge >= 0.3 is 0 Å². The molecular formula is C26H36N4. The van der Waals surface area contributed by atoms with Crippen LogP contribution in [0.5, 0.6) is 0 Å². The van der Waals surface area contributed by atoms with Crippen LogP contribution in [0.1, 0.15) is 73.2 Å². The van der Waals surface area contributed by atoms with Crippen LogP contribution in [-0.2, 0) is 14.1 Å². The summed E-state index contributed by atoms with van der Waals surface area (Å²) in [6, 6.07) is 9.01. The van der Waals surface area contributed by atoms with Crippen LogP contribution in [0.4, 0.5) is 0 Å². The van der Waals surface area contributed by atoms with Gasteiger partial charge in [-0.05, 0) is 86.1 Å². The lowest BCUT2D eigenvalue weighted by molar-refractivity contribution is 0.750. The molecule has 0 saturated carbocycles. The van der Waals surface area contributed by atoms with Crippen LogP contribution >= 0.6 is 0 Å². The smallest absolute Gasteiger partial charge is 0.0929 e. The van der Waals surface area contributed by atoms with Crippen LogP contribution in [0.25, 0.3) is 21.8 Å². The van der Waals surface area contributed by atoms with Gasteiger partial charge in [0.05, 0.1) is 16.7 Å². The largest absolute Gasteiger partial charge is 0.272 e. The highest BCUT2D eigenvalue weighted by molar-refractivity contribution is 5.84. The lowest BCUT2D eigenvalue weighted by Crippen LogP contribution is -1.94. The standard InChI is InChI=1S/2C13H18N2/c1-8(2)11-7-13-12(6-9(11)3)10(4)15(5)14-13;1-8(2)11-7-13-12(6-9(11)3)10(4)14-15(13)5/h2*6-8H,1-5H3. The van der Waals surface area contributed by atoms with E-state index in [2.05, 4.69) is 89.9 Å². The Bertz CT molecular complexity index is 1200. The summed E-state index contributed by atoms with van der Waals surface area (Å²) in [6.07, 6.45) is 0. The lowest BCUT2D eigenvalue weighted by atomic mass is 9.96. The summed E-state index contributed by atoms with van der Waals surface area (Å²) in [7, 11) is 4.01. The van der Waals surface area contributed by atoms with E-state index in [9.17, 15) is 0 Å². The Hall–Kier alpha value is -2.62. The van der Waals surface area contributed by atoms with Crippen LogP contribution < -0.4 is 0 Å². The van der Waals surface area contributed by atoms with Gasteiger partial charge in [0, 0.05) is 30.6 Å². The second-order valence-electron chi connectivity index (χ2n) is 9.18. The van der Waals surface area contributed by atoms with Gasteiger partial charge in [0.2, 0.25) is 0 Å². The van der Waals surface area contributed by atoms with Gasteiger partial charge in [-0.3, -0.25) is 9.36 Å². The van der Waals surface area contributed by atoms with Crippen molar-refractivity contribution in [3.05, 3.63) is 57.9 Å². The van der Waals surface area contributed by atoms with Gasteiger partial charge in [-0.25, -0.2) is 0 Å². The first kappa shape index (κ1) is 22.1. The molecule has 0 radical (unpaired) electrons. The molecule has 2 aromatic carbocycles. The van der Waals surface area contributed by atoms with Crippen molar-refractivity contribution in [2.24, 2.45) is 14.1 Å². The Balaban J connectivity index is 0.000000171. The highest BCUT2D eigenvalue weighted by atomic mass is 15.3. The summed E-state index contributed by atoms with van der Waals surface area (Å²) in [5, 5.41) is 11.5. The minimum absolute atomic E-state index is 0.566. The van der Waals surface area contributed by atoms with E-state index in [4.69, 9.17) is 0 Å². The molecule has 4 heteroatoms. The van der Waals surface area contributed by atoms with E-state index in [1.54, 1.807) is 0 Å². The van der Waals surface area contributed by atoms with E-state index in [-0.39, 0.29) is 0 Å². The molecule has 0 bridgehead atoms. The predicted octanol–water partition coefficient (Wildman–Crippen LogP) is 6.63. The fourth-order valence-corrected chi connectivity index (χ4v) is 4.34. The zero-order valence-corrected chi connectivity index (χ0v) is 20.3. The number of aromatic nitrogens is 4.